The minimum atomic E-state index is -0.0644. The van der Waals surface area contributed by atoms with Crippen LogP contribution in [0, 0.1) is 0 Å². The van der Waals surface area contributed by atoms with Gasteiger partial charge in [-0.1, -0.05) is 0 Å². The number of anilines is 1. The summed E-state index contributed by atoms with van der Waals surface area (Å²) in [5, 5.41) is 5.64. The SMILES string of the molecule is CNc1cc(C(=O)N2CCNC(=O)CC2)ccn1. The zero-order valence-electron chi connectivity index (χ0n) is 10.3. The first-order chi connectivity index (χ1) is 8.70. The Morgan fingerprint density at radius 1 is 1.50 bits per heavy atom. The number of aromatic nitrogens is 1. The number of pyridine rings is 1. The molecule has 1 aliphatic heterocycles. The molecule has 1 aliphatic rings. The molecule has 18 heavy (non-hydrogen) atoms. The largest absolute Gasteiger partial charge is 0.373 e. The molecule has 2 heterocycles. The van der Waals surface area contributed by atoms with Crippen molar-refractivity contribution < 1.29 is 9.59 Å². The van der Waals surface area contributed by atoms with Crippen LogP contribution in [-0.2, 0) is 4.79 Å². The zero-order chi connectivity index (χ0) is 13.0. The third-order valence-corrected chi connectivity index (χ3v) is 2.86. The summed E-state index contributed by atoms with van der Waals surface area (Å²) in [7, 11) is 1.76. The Bertz CT molecular complexity index is 461. The quantitative estimate of drug-likeness (QED) is 0.777. The third-order valence-electron chi connectivity index (χ3n) is 2.86. The number of amides is 2. The van der Waals surface area contributed by atoms with Crippen molar-refractivity contribution in [2.24, 2.45) is 0 Å². The van der Waals surface area contributed by atoms with Crippen LogP contribution in [0.25, 0.3) is 0 Å². The van der Waals surface area contributed by atoms with Gasteiger partial charge in [0.15, 0.2) is 0 Å². The summed E-state index contributed by atoms with van der Waals surface area (Å²) in [4.78, 5) is 29.2. The Kier molecular flexibility index (Phi) is 3.76. The van der Waals surface area contributed by atoms with Crippen molar-refractivity contribution in [1.82, 2.24) is 15.2 Å². The van der Waals surface area contributed by atoms with Crippen LogP contribution in [0.1, 0.15) is 16.8 Å². The first-order valence-corrected chi connectivity index (χ1v) is 5.90. The van der Waals surface area contributed by atoms with Crippen molar-refractivity contribution >= 4 is 17.6 Å². The first kappa shape index (κ1) is 12.3. The van der Waals surface area contributed by atoms with Gasteiger partial charge < -0.3 is 15.5 Å². The predicted molar refractivity (Wildman–Crippen MR) is 67.3 cm³/mol. The first-order valence-electron chi connectivity index (χ1n) is 5.90. The van der Waals surface area contributed by atoms with Crippen molar-refractivity contribution in [3.8, 4) is 0 Å². The molecule has 1 saturated heterocycles. The summed E-state index contributed by atoms with van der Waals surface area (Å²) in [5.74, 6) is 0.589. The van der Waals surface area contributed by atoms with E-state index < -0.39 is 0 Å². The molecule has 2 N–H and O–H groups in total. The van der Waals surface area contributed by atoms with E-state index in [1.165, 1.54) is 0 Å². The lowest BCUT2D eigenvalue weighted by Gasteiger charge is -2.19. The normalized spacial score (nSPS) is 15.8. The molecular weight excluding hydrogens is 232 g/mol. The Balaban J connectivity index is 2.12. The molecule has 1 aromatic heterocycles. The van der Waals surface area contributed by atoms with Gasteiger partial charge in [0.1, 0.15) is 5.82 Å². The van der Waals surface area contributed by atoms with Gasteiger partial charge in [-0.05, 0) is 12.1 Å². The van der Waals surface area contributed by atoms with Crippen LogP contribution in [-0.4, -0.2) is 48.4 Å². The van der Waals surface area contributed by atoms with E-state index in [2.05, 4.69) is 15.6 Å². The van der Waals surface area contributed by atoms with Crippen LogP contribution in [0.5, 0.6) is 0 Å². The Labute approximate surface area is 105 Å². The fourth-order valence-electron chi connectivity index (χ4n) is 1.85. The number of nitrogens with zero attached hydrogens (tertiary/aromatic N) is 2. The van der Waals surface area contributed by atoms with Gasteiger partial charge in [0.25, 0.3) is 5.91 Å². The maximum absolute atomic E-state index is 12.3. The molecule has 0 unspecified atom stereocenters. The van der Waals surface area contributed by atoms with Crippen LogP contribution in [0.2, 0.25) is 0 Å². The lowest BCUT2D eigenvalue weighted by molar-refractivity contribution is -0.120. The molecule has 0 spiro atoms. The molecule has 0 aromatic carbocycles. The lowest BCUT2D eigenvalue weighted by atomic mass is 10.2. The fourth-order valence-corrected chi connectivity index (χ4v) is 1.85. The monoisotopic (exact) mass is 248 g/mol. The number of nitrogens with one attached hydrogen (secondary N) is 2. The Morgan fingerprint density at radius 3 is 3.11 bits per heavy atom. The summed E-state index contributed by atoms with van der Waals surface area (Å²) in [5.41, 5.74) is 0.587. The highest BCUT2D eigenvalue weighted by atomic mass is 16.2. The van der Waals surface area contributed by atoms with E-state index in [1.807, 2.05) is 0 Å². The van der Waals surface area contributed by atoms with Gasteiger partial charge in [-0.25, -0.2) is 4.98 Å². The molecule has 6 heteroatoms. The number of carbonyl (C=O) groups is 2. The summed E-state index contributed by atoms with van der Waals surface area (Å²) < 4.78 is 0. The van der Waals surface area contributed by atoms with Gasteiger partial charge in [0.05, 0.1) is 0 Å². The van der Waals surface area contributed by atoms with Crippen LogP contribution in [0.3, 0.4) is 0 Å². The maximum Gasteiger partial charge on any atom is 0.254 e. The van der Waals surface area contributed by atoms with Crippen molar-refractivity contribution in [2.75, 3.05) is 32.0 Å². The second-order valence-corrected chi connectivity index (χ2v) is 4.07. The van der Waals surface area contributed by atoms with Crippen LogP contribution >= 0.6 is 0 Å². The number of rotatable bonds is 2. The Morgan fingerprint density at radius 2 is 2.33 bits per heavy atom. The topological polar surface area (TPSA) is 74.3 Å². The molecule has 0 aliphatic carbocycles. The number of hydrogen-bond donors (Lipinski definition) is 2. The molecule has 0 atom stereocenters. The highest BCUT2D eigenvalue weighted by molar-refractivity contribution is 5.95. The maximum atomic E-state index is 12.3. The molecule has 1 aromatic rings. The van der Waals surface area contributed by atoms with Crippen LogP contribution < -0.4 is 10.6 Å². The van der Waals surface area contributed by atoms with Crippen molar-refractivity contribution in [2.45, 2.75) is 6.42 Å². The van der Waals surface area contributed by atoms with Gasteiger partial charge in [-0.3, -0.25) is 9.59 Å². The van der Waals surface area contributed by atoms with Crippen LogP contribution in [0.15, 0.2) is 18.3 Å². The average Bonchev–Trinajstić information content (AvgIpc) is 2.63. The highest BCUT2D eigenvalue weighted by Crippen LogP contribution is 2.10. The predicted octanol–water partition coefficient (Wildman–Crippen LogP) is 0.0854. The molecule has 2 rings (SSSR count). The van der Waals surface area contributed by atoms with E-state index in [0.29, 0.717) is 37.4 Å². The molecule has 1 fully saturated rings. The van der Waals surface area contributed by atoms with Gasteiger partial charge >= 0.3 is 0 Å². The summed E-state index contributed by atoms with van der Waals surface area (Å²) >= 11 is 0. The smallest absolute Gasteiger partial charge is 0.254 e. The summed E-state index contributed by atoms with van der Waals surface area (Å²) in [6, 6.07) is 3.39. The van der Waals surface area contributed by atoms with Crippen LogP contribution in [0.4, 0.5) is 5.82 Å². The molecule has 2 amide bonds. The highest BCUT2D eigenvalue weighted by Gasteiger charge is 2.19. The van der Waals surface area contributed by atoms with Crippen molar-refractivity contribution in [3.63, 3.8) is 0 Å². The molecule has 6 nitrogen and oxygen atoms in total. The van der Waals surface area contributed by atoms with E-state index in [9.17, 15) is 9.59 Å². The minimum absolute atomic E-state index is 0.00376. The van der Waals surface area contributed by atoms with Gasteiger partial charge in [0.2, 0.25) is 5.91 Å². The van der Waals surface area contributed by atoms with Gasteiger partial charge in [-0.2, -0.15) is 0 Å². The minimum Gasteiger partial charge on any atom is -0.373 e. The van der Waals surface area contributed by atoms with E-state index in [-0.39, 0.29) is 11.8 Å². The molecule has 96 valence electrons. The zero-order valence-corrected chi connectivity index (χ0v) is 10.3. The van der Waals surface area contributed by atoms with Crippen molar-refractivity contribution in [3.05, 3.63) is 23.9 Å². The average molecular weight is 248 g/mol. The molecule has 0 radical (unpaired) electrons. The fraction of sp³-hybridized carbons (Fsp3) is 0.417. The molecule has 0 bridgehead atoms. The molecule has 0 saturated carbocycles. The van der Waals surface area contributed by atoms with E-state index >= 15 is 0 Å². The van der Waals surface area contributed by atoms with Gasteiger partial charge in [-0.15, -0.1) is 0 Å². The summed E-state index contributed by atoms with van der Waals surface area (Å²) in [6.45, 7) is 1.51. The second-order valence-electron chi connectivity index (χ2n) is 4.07. The van der Waals surface area contributed by atoms with Crippen molar-refractivity contribution in [1.29, 1.82) is 0 Å². The number of hydrogen-bond acceptors (Lipinski definition) is 4. The Hall–Kier alpha value is -2.11. The second kappa shape index (κ2) is 5.48. The molecular formula is C12H16N4O2. The third kappa shape index (κ3) is 2.77. The van der Waals surface area contributed by atoms with E-state index in [0.717, 1.165) is 0 Å². The summed E-state index contributed by atoms with van der Waals surface area (Å²) in [6.07, 6.45) is 1.95. The van der Waals surface area contributed by atoms with Gasteiger partial charge in [0, 0.05) is 44.9 Å². The van der Waals surface area contributed by atoms with E-state index in [4.69, 9.17) is 0 Å². The standard InChI is InChI=1S/C12H16N4O2/c1-13-10-8-9(2-4-14-10)12(18)16-6-3-11(17)15-5-7-16/h2,4,8H,3,5-7H2,1H3,(H,13,14)(H,15,17). The van der Waals surface area contributed by atoms with E-state index in [1.54, 1.807) is 30.3 Å². The number of carbonyl (C=O) groups excluding carboxylic acids is 2. The lowest BCUT2D eigenvalue weighted by Crippen LogP contribution is -2.34.